The van der Waals surface area contributed by atoms with Gasteiger partial charge in [0.15, 0.2) is 0 Å². The molecule has 106 valence electrons. The molecule has 1 atom stereocenters. The van der Waals surface area contributed by atoms with E-state index in [-0.39, 0.29) is 6.54 Å². The molecule has 0 fully saturated rings. The maximum absolute atomic E-state index is 11.6. The van der Waals surface area contributed by atoms with Crippen LogP contribution >= 0.6 is 11.6 Å². The Kier molecular flexibility index (Phi) is 6.51. The van der Waals surface area contributed by atoms with Crippen LogP contribution in [0.4, 0.5) is 0 Å². The molecule has 0 saturated carbocycles. The van der Waals surface area contributed by atoms with Crippen LogP contribution in [0.2, 0.25) is 5.02 Å². The molecule has 0 saturated heterocycles. The van der Waals surface area contributed by atoms with Crippen molar-refractivity contribution < 1.29 is 13.5 Å². The third-order valence-corrected chi connectivity index (χ3v) is 3.91. The number of benzene rings is 1. The number of nitrogens with one attached hydrogen (secondary N) is 1. The quantitative estimate of drug-likeness (QED) is 0.813. The highest BCUT2D eigenvalue weighted by Gasteiger charge is 2.06. The average Bonchev–Trinajstić information content (AvgIpc) is 2.38. The summed E-state index contributed by atoms with van der Waals surface area (Å²) in [6, 6.07) is 6.85. The van der Waals surface area contributed by atoms with Crippen molar-refractivity contribution >= 4 is 27.7 Å². The van der Waals surface area contributed by atoms with Crippen molar-refractivity contribution in [2.75, 3.05) is 6.54 Å². The summed E-state index contributed by atoms with van der Waals surface area (Å²) in [6.45, 7) is 2.07. The molecule has 0 aromatic heterocycles. The lowest BCUT2D eigenvalue weighted by atomic mass is 10.2. The Bertz CT molecular complexity index is 511. The van der Waals surface area contributed by atoms with E-state index in [4.69, 9.17) is 11.6 Å². The number of hydrogen-bond acceptors (Lipinski definition) is 3. The number of aliphatic hydroxyl groups excluding tert-OH is 1. The first kappa shape index (κ1) is 16.2. The summed E-state index contributed by atoms with van der Waals surface area (Å²) < 4.78 is 25.7. The molecule has 1 aromatic carbocycles. The van der Waals surface area contributed by atoms with Gasteiger partial charge in [-0.25, -0.2) is 13.1 Å². The number of sulfonamides is 1. The first-order chi connectivity index (χ1) is 8.93. The fourth-order valence-electron chi connectivity index (χ4n) is 1.36. The summed E-state index contributed by atoms with van der Waals surface area (Å²) in [5.74, 6) is 0. The zero-order chi connectivity index (χ0) is 14.3. The fourth-order valence-corrected chi connectivity index (χ4v) is 2.32. The van der Waals surface area contributed by atoms with Gasteiger partial charge in [0.25, 0.3) is 0 Å². The number of rotatable bonds is 7. The lowest BCUT2D eigenvalue weighted by molar-refractivity contribution is 0.162. The monoisotopic (exact) mass is 303 g/mol. The second-order valence-electron chi connectivity index (χ2n) is 4.14. The van der Waals surface area contributed by atoms with Crippen molar-refractivity contribution in [1.29, 1.82) is 0 Å². The summed E-state index contributed by atoms with van der Waals surface area (Å²) in [6.07, 6.45) is 2.05. The Hall–Kier alpha value is -0.880. The molecule has 1 rings (SSSR count). The van der Waals surface area contributed by atoms with Gasteiger partial charge in [0, 0.05) is 17.0 Å². The van der Waals surface area contributed by atoms with Gasteiger partial charge in [-0.15, -0.1) is 0 Å². The van der Waals surface area contributed by atoms with E-state index in [0.29, 0.717) is 17.9 Å². The summed E-state index contributed by atoms with van der Waals surface area (Å²) in [4.78, 5) is 0. The standard InChI is InChI=1S/C13H18ClNO3S/c1-2-13(16)7-9-15-19(17,18)10-8-11-3-5-12(14)6-4-11/h3-6,8,10,13,15-16H,2,7,9H2,1H3/b10-8+. The first-order valence-corrected chi connectivity index (χ1v) is 7.97. The Morgan fingerprint density at radius 3 is 2.58 bits per heavy atom. The van der Waals surface area contributed by atoms with Crippen LogP contribution in [0.5, 0.6) is 0 Å². The molecule has 2 N–H and O–H groups in total. The Morgan fingerprint density at radius 2 is 2.00 bits per heavy atom. The number of aliphatic hydroxyl groups is 1. The third kappa shape index (κ3) is 6.73. The maximum atomic E-state index is 11.6. The van der Waals surface area contributed by atoms with Gasteiger partial charge in [-0.2, -0.15) is 0 Å². The van der Waals surface area contributed by atoms with E-state index in [1.165, 1.54) is 6.08 Å². The molecule has 0 bridgehead atoms. The summed E-state index contributed by atoms with van der Waals surface area (Å²) >= 11 is 5.74. The van der Waals surface area contributed by atoms with Crippen molar-refractivity contribution in [3.63, 3.8) is 0 Å². The average molecular weight is 304 g/mol. The molecule has 0 aliphatic carbocycles. The van der Waals surface area contributed by atoms with Crippen LogP contribution in [-0.2, 0) is 10.0 Å². The van der Waals surface area contributed by atoms with Crippen LogP contribution in [-0.4, -0.2) is 26.2 Å². The topological polar surface area (TPSA) is 66.4 Å². The molecule has 0 amide bonds. The summed E-state index contributed by atoms with van der Waals surface area (Å²) in [5.41, 5.74) is 0.753. The van der Waals surface area contributed by atoms with E-state index in [0.717, 1.165) is 11.0 Å². The van der Waals surface area contributed by atoms with Gasteiger partial charge in [-0.3, -0.25) is 0 Å². The predicted molar refractivity (Wildman–Crippen MR) is 78.3 cm³/mol. The molecule has 4 nitrogen and oxygen atoms in total. The molecular weight excluding hydrogens is 286 g/mol. The second kappa shape index (κ2) is 7.65. The zero-order valence-electron chi connectivity index (χ0n) is 10.7. The van der Waals surface area contributed by atoms with E-state index in [2.05, 4.69) is 4.72 Å². The van der Waals surface area contributed by atoms with Gasteiger partial charge in [0.05, 0.1) is 6.10 Å². The lowest BCUT2D eigenvalue weighted by Crippen LogP contribution is -2.25. The first-order valence-electron chi connectivity index (χ1n) is 6.04. The molecule has 0 aliphatic rings. The summed E-state index contributed by atoms with van der Waals surface area (Å²) in [7, 11) is -3.47. The molecule has 1 unspecified atom stereocenters. The van der Waals surface area contributed by atoms with Gasteiger partial charge in [-0.1, -0.05) is 30.7 Å². The largest absolute Gasteiger partial charge is 0.393 e. The van der Waals surface area contributed by atoms with Crippen molar-refractivity contribution in [2.24, 2.45) is 0 Å². The molecule has 0 heterocycles. The predicted octanol–water partition coefficient (Wildman–Crippen LogP) is 2.39. The van der Waals surface area contributed by atoms with Crippen LogP contribution in [0.25, 0.3) is 6.08 Å². The smallest absolute Gasteiger partial charge is 0.233 e. The van der Waals surface area contributed by atoms with E-state index < -0.39 is 16.1 Å². The highest BCUT2D eigenvalue weighted by Crippen LogP contribution is 2.11. The van der Waals surface area contributed by atoms with Crippen molar-refractivity contribution in [1.82, 2.24) is 4.72 Å². The van der Waals surface area contributed by atoms with Crippen molar-refractivity contribution in [3.05, 3.63) is 40.3 Å². The molecular formula is C13H18ClNO3S. The van der Waals surface area contributed by atoms with Gasteiger partial charge < -0.3 is 5.11 Å². The fraction of sp³-hybridized carbons (Fsp3) is 0.385. The van der Waals surface area contributed by atoms with E-state index in [9.17, 15) is 13.5 Å². The van der Waals surface area contributed by atoms with Gasteiger partial charge >= 0.3 is 0 Å². The van der Waals surface area contributed by atoms with Gasteiger partial charge in [-0.05, 0) is 36.6 Å². The minimum atomic E-state index is -3.47. The Labute approximate surface area is 119 Å². The van der Waals surface area contributed by atoms with Crippen molar-refractivity contribution in [3.8, 4) is 0 Å². The van der Waals surface area contributed by atoms with Gasteiger partial charge in [0.1, 0.15) is 0 Å². The highest BCUT2D eigenvalue weighted by molar-refractivity contribution is 7.92. The molecule has 0 aliphatic heterocycles. The maximum Gasteiger partial charge on any atom is 0.233 e. The normalized spacial score (nSPS) is 13.8. The lowest BCUT2D eigenvalue weighted by Gasteiger charge is -2.07. The SMILES string of the molecule is CCC(O)CCNS(=O)(=O)/C=C/c1ccc(Cl)cc1. The third-order valence-electron chi connectivity index (χ3n) is 2.56. The molecule has 6 heteroatoms. The summed E-state index contributed by atoms with van der Waals surface area (Å²) in [5, 5.41) is 11.0. The van der Waals surface area contributed by atoms with E-state index in [1.807, 2.05) is 6.92 Å². The highest BCUT2D eigenvalue weighted by atomic mass is 35.5. The van der Waals surface area contributed by atoms with Gasteiger partial charge in [0.2, 0.25) is 10.0 Å². The van der Waals surface area contributed by atoms with Crippen LogP contribution in [0.15, 0.2) is 29.7 Å². The van der Waals surface area contributed by atoms with Crippen molar-refractivity contribution in [2.45, 2.75) is 25.9 Å². The molecule has 19 heavy (non-hydrogen) atoms. The Balaban J connectivity index is 2.52. The molecule has 0 spiro atoms. The molecule has 0 radical (unpaired) electrons. The van der Waals surface area contributed by atoms with E-state index >= 15 is 0 Å². The second-order valence-corrected chi connectivity index (χ2v) is 6.23. The van der Waals surface area contributed by atoms with Crippen LogP contribution in [0.3, 0.4) is 0 Å². The minimum Gasteiger partial charge on any atom is -0.393 e. The number of hydrogen-bond donors (Lipinski definition) is 2. The van der Waals surface area contributed by atoms with E-state index in [1.54, 1.807) is 24.3 Å². The zero-order valence-corrected chi connectivity index (χ0v) is 12.3. The van der Waals surface area contributed by atoms with Crippen LogP contribution in [0.1, 0.15) is 25.3 Å². The Morgan fingerprint density at radius 1 is 1.37 bits per heavy atom. The number of halogens is 1. The molecule has 1 aromatic rings. The van der Waals surface area contributed by atoms with Crippen LogP contribution in [0, 0.1) is 0 Å². The van der Waals surface area contributed by atoms with Crippen LogP contribution < -0.4 is 4.72 Å². The minimum absolute atomic E-state index is 0.225.